The first-order valence-corrected chi connectivity index (χ1v) is 5.80. The summed E-state index contributed by atoms with van der Waals surface area (Å²) in [5.41, 5.74) is 5.73. The zero-order chi connectivity index (χ0) is 9.40. The molecule has 3 N–H and O–H groups in total. The summed E-state index contributed by atoms with van der Waals surface area (Å²) >= 11 is 1.90. The van der Waals surface area contributed by atoms with Crippen LogP contribution in [0.1, 0.15) is 26.7 Å². The van der Waals surface area contributed by atoms with E-state index in [9.17, 15) is 0 Å². The summed E-state index contributed by atoms with van der Waals surface area (Å²) in [6.45, 7) is 4.68. The van der Waals surface area contributed by atoms with Crippen LogP contribution in [-0.4, -0.2) is 29.3 Å². The highest BCUT2D eigenvalue weighted by atomic mass is 32.2. The van der Waals surface area contributed by atoms with Crippen molar-refractivity contribution < 1.29 is 5.11 Å². The molecular formula is C9H21NOS. The van der Waals surface area contributed by atoms with Crippen molar-refractivity contribution in [2.75, 3.05) is 18.1 Å². The van der Waals surface area contributed by atoms with Crippen LogP contribution in [0.2, 0.25) is 0 Å². The third-order valence-corrected chi connectivity index (χ3v) is 3.40. The number of aliphatic hydroxyl groups excluding tert-OH is 1. The van der Waals surface area contributed by atoms with Crippen molar-refractivity contribution in [1.29, 1.82) is 0 Å². The Morgan fingerprint density at radius 3 is 2.58 bits per heavy atom. The molecule has 0 aliphatic heterocycles. The van der Waals surface area contributed by atoms with Crippen molar-refractivity contribution >= 4 is 11.8 Å². The molecule has 0 bridgehead atoms. The minimum absolute atomic E-state index is 0.170. The Labute approximate surface area is 79.9 Å². The Hall–Kier alpha value is 0.270. The van der Waals surface area contributed by atoms with E-state index in [1.165, 1.54) is 12.2 Å². The Bertz CT molecular complexity index is 101. The Kier molecular flexibility index (Phi) is 8.07. The lowest BCUT2D eigenvalue weighted by Gasteiger charge is -2.11. The van der Waals surface area contributed by atoms with Gasteiger partial charge >= 0.3 is 0 Å². The molecule has 0 aromatic carbocycles. The lowest BCUT2D eigenvalue weighted by molar-refractivity contribution is 0.279. The number of nitrogens with two attached hydrogens (primary N) is 1. The van der Waals surface area contributed by atoms with Crippen molar-refractivity contribution in [3.05, 3.63) is 0 Å². The SMILES string of the molecule is CCC(C)CSCC(N)CCO. The summed E-state index contributed by atoms with van der Waals surface area (Å²) in [5.74, 6) is 2.96. The minimum atomic E-state index is 0.170. The first-order chi connectivity index (χ1) is 5.70. The monoisotopic (exact) mass is 191 g/mol. The van der Waals surface area contributed by atoms with E-state index in [0.29, 0.717) is 0 Å². The van der Waals surface area contributed by atoms with Gasteiger partial charge in [0.1, 0.15) is 0 Å². The molecule has 3 heteroatoms. The van der Waals surface area contributed by atoms with Gasteiger partial charge in [0.2, 0.25) is 0 Å². The second kappa shape index (κ2) is 7.90. The minimum Gasteiger partial charge on any atom is -0.396 e. The fourth-order valence-corrected chi connectivity index (χ4v) is 2.03. The zero-order valence-corrected chi connectivity index (χ0v) is 8.94. The highest BCUT2D eigenvalue weighted by Crippen LogP contribution is 2.12. The van der Waals surface area contributed by atoms with Gasteiger partial charge in [0.15, 0.2) is 0 Å². The van der Waals surface area contributed by atoms with Gasteiger partial charge in [-0.3, -0.25) is 0 Å². The quantitative estimate of drug-likeness (QED) is 0.640. The molecule has 0 aromatic rings. The van der Waals surface area contributed by atoms with Crippen LogP contribution in [0, 0.1) is 5.92 Å². The summed E-state index contributed by atoms with van der Waals surface area (Å²) in [5, 5.41) is 8.60. The number of rotatable bonds is 7. The largest absolute Gasteiger partial charge is 0.396 e. The maximum atomic E-state index is 8.60. The van der Waals surface area contributed by atoms with E-state index in [0.717, 1.165) is 18.1 Å². The van der Waals surface area contributed by atoms with Crippen LogP contribution in [-0.2, 0) is 0 Å². The molecule has 12 heavy (non-hydrogen) atoms. The Balaban J connectivity index is 3.18. The molecule has 2 atom stereocenters. The smallest absolute Gasteiger partial charge is 0.0446 e. The van der Waals surface area contributed by atoms with Crippen molar-refractivity contribution in [3.63, 3.8) is 0 Å². The van der Waals surface area contributed by atoms with Gasteiger partial charge in [-0.2, -0.15) is 11.8 Å². The first kappa shape index (κ1) is 12.3. The predicted molar refractivity (Wildman–Crippen MR) is 56.5 cm³/mol. The molecule has 0 radical (unpaired) electrons. The molecule has 0 rings (SSSR count). The van der Waals surface area contributed by atoms with E-state index in [4.69, 9.17) is 10.8 Å². The topological polar surface area (TPSA) is 46.2 Å². The number of aliphatic hydroxyl groups is 1. The number of thioether (sulfide) groups is 1. The average molecular weight is 191 g/mol. The van der Waals surface area contributed by atoms with Crippen LogP contribution >= 0.6 is 11.8 Å². The van der Waals surface area contributed by atoms with Crippen molar-refractivity contribution in [3.8, 4) is 0 Å². The normalized spacial score (nSPS) is 16.0. The van der Waals surface area contributed by atoms with Gasteiger partial charge in [0.05, 0.1) is 0 Å². The maximum Gasteiger partial charge on any atom is 0.0446 e. The highest BCUT2D eigenvalue weighted by molar-refractivity contribution is 7.99. The van der Waals surface area contributed by atoms with Gasteiger partial charge in [-0.1, -0.05) is 20.3 Å². The van der Waals surface area contributed by atoms with E-state index in [1.807, 2.05) is 11.8 Å². The molecule has 0 spiro atoms. The lowest BCUT2D eigenvalue weighted by atomic mass is 10.2. The summed E-state index contributed by atoms with van der Waals surface area (Å²) < 4.78 is 0. The van der Waals surface area contributed by atoms with E-state index >= 15 is 0 Å². The second-order valence-electron chi connectivity index (χ2n) is 3.32. The zero-order valence-electron chi connectivity index (χ0n) is 8.12. The third kappa shape index (κ3) is 6.95. The number of hydrogen-bond acceptors (Lipinski definition) is 3. The Morgan fingerprint density at radius 2 is 2.08 bits per heavy atom. The fraction of sp³-hybridized carbons (Fsp3) is 1.00. The average Bonchev–Trinajstić information content (AvgIpc) is 2.04. The van der Waals surface area contributed by atoms with Crippen LogP contribution < -0.4 is 5.73 Å². The summed E-state index contributed by atoms with van der Waals surface area (Å²) in [6, 6.07) is 0.170. The van der Waals surface area contributed by atoms with Gasteiger partial charge in [-0.25, -0.2) is 0 Å². The van der Waals surface area contributed by atoms with Crippen LogP contribution in [0.3, 0.4) is 0 Å². The highest BCUT2D eigenvalue weighted by Gasteiger charge is 2.03. The van der Waals surface area contributed by atoms with Crippen molar-refractivity contribution in [2.24, 2.45) is 11.7 Å². The van der Waals surface area contributed by atoms with Gasteiger partial charge in [0, 0.05) is 18.4 Å². The number of hydrogen-bond donors (Lipinski definition) is 2. The summed E-state index contributed by atoms with van der Waals surface area (Å²) in [6.07, 6.45) is 1.97. The van der Waals surface area contributed by atoms with Gasteiger partial charge in [0.25, 0.3) is 0 Å². The standard InChI is InChI=1S/C9H21NOS/c1-3-8(2)6-12-7-9(10)4-5-11/h8-9,11H,3-7,10H2,1-2H3. The van der Waals surface area contributed by atoms with Crippen LogP contribution in [0.5, 0.6) is 0 Å². The second-order valence-corrected chi connectivity index (χ2v) is 4.40. The van der Waals surface area contributed by atoms with E-state index in [2.05, 4.69) is 13.8 Å². The molecule has 0 saturated heterocycles. The molecule has 0 heterocycles. The molecule has 0 aliphatic rings. The molecule has 0 aliphatic carbocycles. The predicted octanol–water partition coefficient (Wildman–Crippen LogP) is 1.48. The summed E-state index contributed by atoms with van der Waals surface area (Å²) in [7, 11) is 0. The van der Waals surface area contributed by atoms with E-state index < -0.39 is 0 Å². The van der Waals surface area contributed by atoms with E-state index in [1.54, 1.807) is 0 Å². The summed E-state index contributed by atoms with van der Waals surface area (Å²) in [4.78, 5) is 0. The van der Waals surface area contributed by atoms with Gasteiger partial charge in [-0.15, -0.1) is 0 Å². The lowest BCUT2D eigenvalue weighted by Crippen LogP contribution is -2.24. The van der Waals surface area contributed by atoms with Crippen molar-refractivity contribution in [2.45, 2.75) is 32.7 Å². The Morgan fingerprint density at radius 1 is 1.42 bits per heavy atom. The van der Waals surface area contributed by atoms with Crippen LogP contribution in [0.25, 0.3) is 0 Å². The van der Waals surface area contributed by atoms with Crippen LogP contribution in [0.4, 0.5) is 0 Å². The molecule has 2 nitrogen and oxygen atoms in total. The van der Waals surface area contributed by atoms with Crippen LogP contribution in [0.15, 0.2) is 0 Å². The van der Waals surface area contributed by atoms with Gasteiger partial charge in [-0.05, 0) is 18.1 Å². The van der Waals surface area contributed by atoms with Crippen molar-refractivity contribution in [1.82, 2.24) is 0 Å². The van der Waals surface area contributed by atoms with Gasteiger partial charge < -0.3 is 10.8 Å². The first-order valence-electron chi connectivity index (χ1n) is 4.64. The molecular weight excluding hydrogens is 170 g/mol. The molecule has 0 aromatic heterocycles. The molecule has 0 saturated carbocycles. The molecule has 74 valence electrons. The fourth-order valence-electron chi connectivity index (χ4n) is 0.788. The molecule has 0 amide bonds. The third-order valence-electron chi connectivity index (χ3n) is 1.93. The molecule has 0 fully saturated rings. The maximum absolute atomic E-state index is 8.60. The van der Waals surface area contributed by atoms with E-state index in [-0.39, 0.29) is 12.6 Å². The molecule has 2 unspecified atom stereocenters.